The summed E-state index contributed by atoms with van der Waals surface area (Å²) in [6.45, 7) is 6.47. The van der Waals surface area contributed by atoms with Gasteiger partial charge in [-0.05, 0) is 24.5 Å². The summed E-state index contributed by atoms with van der Waals surface area (Å²) < 4.78 is 6.45. The summed E-state index contributed by atoms with van der Waals surface area (Å²) in [5, 5.41) is 0. The number of hydrogen-bond donors (Lipinski definition) is 2. The third-order valence-corrected chi connectivity index (χ3v) is 3.74. The van der Waals surface area contributed by atoms with Gasteiger partial charge in [-0.2, -0.15) is 0 Å². The number of unbranched alkanes of at least 4 members (excludes halogenated alkanes) is 1. The van der Waals surface area contributed by atoms with E-state index in [0.717, 1.165) is 6.42 Å². The number of nitrogen functional groups attached to an aromatic ring is 1. The van der Waals surface area contributed by atoms with E-state index in [1.165, 1.54) is 21.8 Å². The Morgan fingerprint density at radius 1 is 1.40 bits per heavy atom. The second-order valence-corrected chi connectivity index (χ2v) is 6.29. The molecule has 3 N–H and O–H groups in total. The van der Waals surface area contributed by atoms with Gasteiger partial charge in [0.05, 0.1) is 6.26 Å². The van der Waals surface area contributed by atoms with Crippen LogP contribution in [0.3, 0.4) is 0 Å². The number of carbonyl (C=O) groups is 1. The monoisotopic (exact) mass is 348 g/mol. The quantitative estimate of drug-likeness (QED) is 0.792. The third kappa shape index (κ3) is 4.01. The molecule has 2 heterocycles. The third-order valence-electron chi connectivity index (χ3n) is 3.74. The number of hydrogen-bond acceptors (Lipinski definition) is 5. The summed E-state index contributed by atoms with van der Waals surface area (Å²) >= 11 is 0. The van der Waals surface area contributed by atoms with Crippen molar-refractivity contribution in [3.63, 3.8) is 0 Å². The Morgan fingerprint density at radius 3 is 2.68 bits per heavy atom. The van der Waals surface area contributed by atoms with Gasteiger partial charge >= 0.3 is 5.69 Å². The first kappa shape index (κ1) is 18.6. The topological polar surface area (TPSA) is 114 Å². The van der Waals surface area contributed by atoms with Gasteiger partial charge in [-0.3, -0.25) is 24.0 Å². The molecule has 0 aliphatic heterocycles. The number of anilines is 2. The molecule has 2 aromatic rings. The molecule has 0 aliphatic carbocycles. The van der Waals surface area contributed by atoms with E-state index in [4.69, 9.17) is 10.2 Å². The lowest BCUT2D eigenvalue weighted by Crippen LogP contribution is -2.42. The second kappa shape index (κ2) is 7.87. The van der Waals surface area contributed by atoms with Crippen molar-refractivity contribution in [2.75, 3.05) is 17.2 Å². The van der Waals surface area contributed by atoms with Crippen molar-refractivity contribution in [1.82, 2.24) is 9.55 Å². The minimum atomic E-state index is -0.682. The van der Waals surface area contributed by atoms with E-state index in [-0.39, 0.29) is 23.2 Å². The zero-order valence-electron chi connectivity index (χ0n) is 14.7. The number of nitrogens with zero attached hydrogens (tertiary/aromatic N) is 2. The normalized spacial score (nSPS) is 11.0. The number of aromatic nitrogens is 2. The van der Waals surface area contributed by atoms with E-state index in [9.17, 15) is 14.4 Å². The molecule has 136 valence electrons. The van der Waals surface area contributed by atoms with Crippen LogP contribution in [0.5, 0.6) is 0 Å². The van der Waals surface area contributed by atoms with Crippen molar-refractivity contribution < 1.29 is 9.21 Å². The lowest BCUT2D eigenvalue weighted by Gasteiger charge is -2.24. The smallest absolute Gasteiger partial charge is 0.330 e. The molecule has 2 rings (SSSR count). The number of amides is 1. The number of nitrogens with two attached hydrogens (primary N) is 1. The van der Waals surface area contributed by atoms with Gasteiger partial charge in [0, 0.05) is 13.1 Å². The Bertz CT molecular complexity index is 833. The molecule has 1 amide bonds. The number of H-pyrrole nitrogens is 1. The van der Waals surface area contributed by atoms with Crippen LogP contribution in [-0.4, -0.2) is 22.0 Å². The fourth-order valence-corrected chi connectivity index (χ4v) is 2.55. The molecule has 0 saturated carbocycles. The van der Waals surface area contributed by atoms with Crippen molar-refractivity contribution in [1.29, 1.82) is 0 Å². The summed E-state index contributed by atoms with van der Waals surface area (Å²) in [5.74, 6) is -0.232. The standard InChI is InChI=1S/C17H24N4O4/c1-4-5-8-20(16(23)12-7-6-9-25-12)13-14(18)21(10-11(2)3)17(24)19-15(13)22/h6-7,9,11H,4-5,8,10,18H2,1-3H3,(H,19,22,24). The molecule has 8 nitrogen and oxygen atoms in total. The lowest BCUT2D eigenvalue weighted by molar-refractivity contribution is 0.0959. The van der Waals surface area contributed by atoms with Crippen LogP contribution >= 0.6 is 0 Å². The number of nitrogens with one attached hydrogen (secondary N) is 1. The van der Waals surface area contributed by atoms with E-state index in [1.54, 1.807) is 6.07 Å². The fraction of sp³-hybridized carbons (Fsp3) is 0.471. The Morgan fingerprint density at radius 2 is 2.12 bits per heavy atom. The predicted octanol–water partition coefficient (Wildman–Crippen LogP) is 1.81. The van der Waals surface area contributed by atoms with Crippen LogP contribution < -0.4 is 21.9 Å². The fourth-order valence-electron chi connectivity index (χ4n) is 2.55. The number of aromatic amines is 1. The van der Waals surface area contributed by atoms with Gasteiger partial charge in [0.25, 0.3) is 11.5 Å². The first-order chi connectivity index (χ1) is 11.9. The molecule has 0 aromatic carbocycles. The average molecular weight is 348 g/mol. The van der Waals surface area contributed by atoms with Gasteiger partial charge in [0.1, 0.15) is 5.82 Å². The van der Waals surface area contributed by atoms with Gasteiger partial charge in [-0.15, -0.1) is 0 Å². The highest BCUT2D eigenvalue weighted by atomic mass is 16.3. The highest BCUT2D eigenvalue weighted by molar-refractivity contribution is 6.05. The molecular formula is C17H24N4O4. The van der Waals surface area contributed by atoms with Crippen LogP contribution in [0.2, 0.25) is 0 Å². The lowest BCUT2D eigenvalue weighted by atomic mass is 10.2. The zero-order chi connectivity index (χ0) is 18.6. The molecule has 0 bridgehead atoms. The van der Waals surface area contributed by atoms with Crippen LogP contribution in [-0.2, 0) is 6.54 Å². The molecule has 0 radical (unpaired) electrons. The molecule has 8 heteroatoms. The van der Waals surface area contributed by atoms with E-state index >= 15 is 0 Å². The summed E-state index contributed by atoms with van der Waals surface area (Å²) in [6, 6.07) is 3.12. The summed E-state index contributed by atoms with van der Waals surface area (Å²) in [4.78, 5) is 40.8. The Hall–Kier alpha value is -2.77. The number of furan rings is 1. The van der Waals surface area contributed by atoms with Crippen LogP contribution in [0.1, 0.15) is 44.2 Å². The van der Waals surface area contributed by atoms with Gasteiger partial charge < -0.3 is 10.2 Å². The van der Waals surface area contributed by atoms with Gasteiger partial charge in [0.2, 0.25) is 0 Å². The summed E-state index contributed by atoms with van der Waals surface area (Å²) in [5.41, 5.74) is 4.83. The van der Waals surface area contributed by atoms with Crippen LogP contribution in [0, 0.1) is 5.92 Å². The van der Waals surface area contributed by atoms with E-state index in [2.05, 4.69) is 4.98 Å². The maximum absolute atomic E-state index is 12.8. The maximum atomic E-state index is 12.8. The second-order valence-electron chi connectivity index (χ2n) is 6.29. The molecule has 25 heavy (non-hydrogen) atoms. The Labute approximate surface area is 145 Å². The van der Waals surface area contributed by atoms with E-state index in [0.29, 0.717) is 19.5 Å². The van der Waals surface area contributed by atoms with Crippen molar-refractivity contribution in [3.05, 3.63) is 45.0 Å². The van der Waals surface area contributed by atoms with Gasteiger partial charge in [-0.25, -0.2) is 4.79 Å². The predicted molar refractivity (Wildman–Crippen MR) is 95.9 cm³/mol. The van der Waals surface area contributed by atoms with Crippen molar-refractivity contribution in [2.45, 2.75) is 40.2 Å². The molecule has 0 atom stereocenters. The first-order valence-electron chi connectivity index (χ1n) is 8.34. The molecule has 0 fully saturated rings. The SMILES string of the molecule is CCCCN(C(=O)c1ccco1)c1c(N)n(CC(C)C)c(=O)[nH]c1=O. The Kier molecular flexibility index (Phi) is 5.84. The molecule has 2 aromatic heterocycles. The van der Waals surface area contributed by atoms with Crippen molar-refractivity contribution in [3.8, 4) is 0 Å². The number of rotatable bonds is 7. The van der Waals surface area contributed by atoms with Crippen LogP contribution in [0.15, 0.2) is 32.4 Å². The summed E-state index contributed by atoms with van der Waals surface area (Å²) in [6.07, 6.45) is 2.89. The van der Waals surface area contributed by atoms with Gasteiger partial charge in [0.15, 0.2) is 11.4 Å². The molecule has 0 unspecified atom stereocenters. The average Bonchev–Trinajstić information content (AvgIpc) is 3.08. The minimum Gasteiger partial charge on any atom is -0.459 e. The summed E-state index contributed by atoms with van der Waals surface area (Å²) in [7, 11) is 0. The van der Waals surface area contributed by atoms with E-state index in [1.807, 2.05) is 20.8 Å². The van der Waals surface area contributed by atoms with Crippen molar-refractivity contribution in [2.24, 2.45) is 5.92 Å². The van der Waals surface area contributed by atoms with E-state index < -0.39 is 17.2 Å². The molecular weight excluding hydrogens is 324 g/mol. The van der Waals surface area contributed by atoms with Crippen LogP contribution in [0.4, 0.5) is 11.5 Å². The molecule has 0 saturated heterocycles. The minimum absolute atomic E-state index is 0.0153. The largest absolute Gasteiger partial charge is 0.459 e. The number of carbonyl (C=O) groups excluding carboxylic acids is 1. The highest BCUT2D eigenvalue weighted by Crippen LogP contribution is 2.21. The molecule has 0 aliphatic rings. The van der Waals surface area contributed by atoms with Crippen molar-refractivity contribution >= 4 is 17.4 Å². The van der Waals surface area contributed by atoms with Crippen LogP contribution in [0.25, 0.3) is 0 Å². The maximum Gasteiger partial charge on any atom is 0.330 e. The molecule has 0 spiro atoms. The van der Waals surface area contributed by atoms with Gasteiger partial charge in [-0.1, -0.05) is 27.2 Å². The first-order valence-corrected chi connectivity index (χ1v) is 8.34. The highest BCUT2D eigenvalue weighted by Gasteiger charge is 2.26. The zero-order valence-corrected chi connectivity index (χ0v) is 14.7. The Balaban J connectivity index is 2.58.